The monoisotopic (exact) mass is 322 g/mol. The van der Waals surface area contributed by atoms with Crippen LogP contribution in [0.2, 0.25) is 0 Å². The van der Waals surface area contributed by atoms with E-state index >= 15 is 0 Å². The molecule has 0 unspecified atom stereocenters. The van der Waals surface area contributed by atoms with Gasteiger partial charge in [0, 0.05) is 11.6 Å². The van der Waals surface area contributed by atoms with Gasteiger partial charge in [-0.3, -0.25) is 14.9 Å². The van der Waals surface area contributed by atoms with Gasteiger partial charge in [0.2, 0.25) is 0 Å². The molecule has 0 aliphatic heterocycles. The molecule has 0 fully saturated rings. The van der Waals surface area contributed by atoms with E-state index in [0.29, 0.717) is 6.07 Å². The third-order valence-corrected chi connectivity index (χ3v) is 3.10. The maximum absolute atomic E-state index is 13.4. The molecule has 0 aliphatic carbocycles. The summed E-state index contributed by atoms with van der Waals surface area (Å²) in [6.07, 6.45) is 0. The van der Waals surface area contributed by atoms with Crippen molar-refractivity contribution < 1.29 is 24.0 Å². The Morgan fingerprint density at radius 1 is 1.52 bits per heavy atom. The quantitative estimate of drug-likeness (QED) is 0.498. The maximum Gasteiger partial charge on any atom is 0.313 e. The van der Waals surface area contributed by atoms with Crippen molar-refractivity contribution in [3.8, 4) is 5.75 Å². The van der Waals surface area contributed by atoms with E-state index in [1.807, 2.05) is 0 Å². The van der Waals surface area contributed by atoms with Crippen molar-refractivity contribution in [2.24, 2.45) is 11.1 Å². The van der Waals surface area contributed by atoms with E-state index in [9.17, 15) is 24.4 Å². The lowest BCUT2D eigenvalue weighted by molar-refractivity contribution is -0.386. The molecule has 1 aromatic rings. The van der Waals surface area contributed by atoms with Gasteiger partial charge in [0.1, 0.15) is 5.82 Å². The number of nitro benzene ring substituents is 1. The minimum absolute atomic E-state index is 0. The van der Waals surface area contributed by atoms with Crippen LogP contribution in [0, 0.1) is 21.3 Å². The van der Waals surface area contributed by atoms with E-state index in [2.05, 4.69) is 4.74 Å². The molecule has 0 radical (unpaired) electrons. The zero-order valence-corrected chi connectivity index (χ0v) is 12.4. The van der Waals surface area contributed by atoms with Gasteiger partial charge < -0.3 is 15.6 Å². The van der Waals surface area contributed by atoms with Crippen LogP contribution in [0.3, 0.4) is 0 Å². The first kappa shape index (κ1) is 19.1. The number of carbonyl (C=O) groups is 1. The molecule has 0 saturated carbocycles. The van der Waals surface area contributed by atoms with E-state index in [4.69, 9.17) is 5.73 Å². The van der Waals surface area contributed by atoms with Crippen molar-refractivity contribution in [1.29, 1.82) is 0 Å². The number of carbonyl (C=O) groups excluding carboxylic acids is 1. The van der Waals surface area contributed by atoms with Crippen LogP contribution in [-0.4, -0.2) is 23.1 Å². The first-order chi connectivity index (χ1) is 9.12. The van der Waals surface area contributed by atoms with Crippen LogP contribution < -0.4 is 5.73 Å². The Kier molecular flexibility index (Phi) is 6.07. The summed E-state index contributed by atoms with van der Waals surface area (Å²) in [4.78, 5) is 21.5. The standard InChI is InChI=1S/C12H15FN2O5.ClH/c1-12(2,11(17)20-3)10(14)7-4-6(13)5-8(9(7)16)15(18)19;/h4-5,10,16H,14H2,1-3H3;1H/t10-;/m0./s1. The summed E-state index contributed by atoms with van der Waals surface area (Å²) in [7, 11) is 1.16. The molecule has 0 saturated heterocycles. The van der Waals surface area contributed by atoms with Gasteiger partial charge in [0.05, 0.1) is 23.5 Å². The van der Waals surface area contributed by atoms with Crippen LogP contribution >= 0.6 is 12.4 Å². The van der Waals surface area contributed by atoms with Crippen molar-refractivity contribution in [1.82, 2.24) is 0 Å². The highest BCUT2D eigenvalue weighted by Gasteiger charge is 2.39. The minimum Gasteiger partial charge on any atom is -0.502 e. The summed E-state index contributed by atoms with van der Waals surface area (Å²) >= 11 is 0. The van der Waals surface area contributed by atoms with Crippen molar-refractivity contribution in [3.05, 3.63) is 33.6 Å². The molecule has 0 aromatic heterocycles. The molecule has 0 bridgehead atoms. The Labute approximate surface area is 126 Å². The molecule has 0 aliphatic rings. The summed E-state index contributed by atoms with van der Waals surface area (Å²) in [5.41, 5.74) is 3.50. The van der Waals surface area contributed by atoms with Crippen LogP contribution in [0.4, 0.5) is 10.1 Å². The van der Waals surface area contributed by atoms with Crippen LogP contribution in [0.5, 0.6) is 5.75 Å². The molecule has 1 rings (SSSR count). The van der Waals surface area contributed by atoms with Crippen LogP contribution in [0.15, 0.2) is 12.1 Å². The van der Waals surface area contributed by atoms with Crippen LogP contribution in [-0.2, 0) is 9.53 Å². The van der Waals surface area contributed by atoms with Crippen LogP contribution in [0.25, 0.3) is 0 Å². The predicted octanol–water partition coefficient (Wildman–Crippen LogP) is 2.06. The summed E-state index contributed by atoms with van der Waals surface area (Å²) < 4.78 is 18.0. The van der Waals surface area contributed by atoms with Gasteiger partial charge in [-0.15, -0.1) is 12.4 Å². The minimum atomic E-state index is -1.30. The Bertz CT molecular complexity index is 565. The molecule has 21 heavy (non-hydrogen) atoms. The lowest BCUT2D eigenvalue weighted by Crippen LogP contribution is -2.37. The molecule has 7 nitrogen and oxygen atoms in total. The number of nitrogens with zero attached hydrogens (tertiary/aromatic N) is 1. The number of nitro groups is 1. The van der Waals surface area contributed by atoms with Crippen molar-refractivity contribution in [2.45, 2.75) is 19.9 Å². The molecular weight excluding hydrogens is 307 g/mol. The number of ether oxygens (including phenoxy) is 1. The second kappa shape index (κ2) is 6.68. The smallest absolute Gasteiger partial charge is 0.313 e. The van der Waals surface area contributed by atoms with Gasteiger partial charge in [-0.1, -0.05) is 0 Å². The van der Waals surface area contributed by atoms with Crippen molar-refractivity contribution in [2.75, 3.05) is 7.11 Å². The number of hydrogen-bond acceptors (Lipinski definition) is 6. The molecular formula is C12H16ClFN2O5. The fourth-order valence-electron chi connectivity index (χ4n) is 1.76. The summed E-state index contributed by atoms with van der Waals surface area (Å²) in [5, 5.41) is 20.6. The first-order valence-electron chi connectivity index (χ1n) is 5.63. The molecule has 1 aromatic carbocycles. The van der Waals surface area contributed by atoms with E-state index in [-0.39, 0.29) is 18.0 Å². The zero-order chi connectivity index (χ0) is 15.7. The topological polar surface area (TPSA) is 116 Å². The van der Waals surface area contributed by atoms with Crippen molar-refractivity contribution in [3.63, 3.8) is 0 Å². The summed E-state index contributed by atoms with van der Waals surface area (Å²) in [6.45, 7) is 2.86. The Hall–Kier alpha value is -1.93. The highest BCUT2D eigenvalue weighted by atomic mass is 35.5. The normalized spacial score (nSPS) is 12.2. The number of rotatable bonds is 4. The SMILES string of the molecule is COC(=O)C(C)(C)[C@@H](N)c1cc(F)cc([N+](=O)[O-])c1O.Cl. The number of aromatic hydroxyl groups is 1. The van der Waals surface area contributed by atoms with E-state index in [1.54, 1.807) is 0 Å². The number of phenols is 1. The maximum atomic E-state index is 13.4. The van der Waals surface area contributed by atoms with Crippen molar-refractivity contribution >= 4 is 24.1 Å². The molecule has 0 heterocycles. The van der Waals surface area contributed by atoms with Gasteiger partial charge >= 0.3 is 11.7 Å². The Morgan fingerprint density at radius 2 is 2.05 bits per heavy atom. The van der Waals surface area contributed by atoms with Crippen LogP contribution in [0.1, 0.15) is 25.5 Å². The highest BCUT2D eigenvalue weighted by molar-refractivity contribution is 5.85. The number of methoxy groups -OCH3 is 1. The van der Waals surface area contributed by atoms with Gasteiger partial charge in [-0.05, 0) is 19.9 Å². The lowest BCUT2D eigenvalue weighted by atomic mass is 9.80. The average Bonchev–Trinajstić information content (AvgIpc) is 2.38. The van der Waals surface area contributed by atoms with Gasteiger partial charge in [-0.25, -0.2) is 4.39 Å². The van der Waals surface area contributed by atoms with Gasteiger partial charge in [0.15, 0.2) is 5.75 Å². The second-order valence-electron chi connectivity index (χ2n) is 4.81. The molecule has 1 atom stereocenters. The van der Waals surface area contributed by atoms with E-state index in [1.165, 1.54) is 13.8 Å². The molecule has 0 spiro atoms. The number of nitrogens with two attached hydrogens (primary N) is 1. The average molecular weight is 323 g/mol. The third-order valence-electron chi connectivity index (χ3n) is 3.10. The van der Waals surface area contributed by atoms with E-state index in [0.717, 1.165) is 13.2 Å². The molecule has 118 valence electrons. The van der Waals surface area contributed by atoms with Gasteiger partial charge in [0.25, 0.3) is 0 Å². The fraction of sp³-hybridized carbons (Fsp3) is 0.417. The highest BCUT2D eigenvalue weighted by Crippen LogP contribution is 2.40. The fourth-order valence-corrected chi connectivity index (χ4v) is 1.76. The molecule has 3 N–H and O–H groups in total. The van der Waals surface area contributed by atoms with Gasteiger partial charge in [-0.2, -0.15) is 0 Å². The van der Waals surface area contributed by atoms with E-state index < -0.39 is 39.6 Å². The second-order valence-corrected chi connectivity index (χ2v) is 4.81. The number of halogens is 2. The molecule has 9 heteroatoms. The zero-order valence-electron chi connectivity index (χ0n) is 11.6. The largest absolute Gasteiger partial charge is 0.502 e. The number of phenolic OH excluding ortho intramolecular Hbond substituents is 1. The predicted molar refractivity (Wildman–Crippen MR) is 74.7 cm³/mol. The third kappa shape index (κ3) is 3.59. The number of benzene rings is 1. The number of hydrogen-bond donors (Lipinski definition) is 2. The number of esters is 1. The first-order valence-corrected chi connectivity index (χ1v) is 5.63. The Balaban J connectivity index is 0.00000400. The molecule has 0 amide bonds. The summed E-state index contributed by atoms with van der Waals surface area (Å²) in [6, 6.07) is 0.262. The lowest BCUT2D eigenvalue weighted by Gasteiger charge is -2.29. The summed E-state index contributed by atoms with van der Waals surface area (Å²) in [5.74, 6) is -2.38. The Morgan fingerprint density at radius 3 is 2.48 bits per heavy atom.